The fraction of sp³-hybridized carbons (Fsp3) is 0.296. The molecular weight excluding hydrogens is 538 g/mol. The zero-order valence-corrected chi connectivity index (χ0v) is 23.4. The Hall–Kier alpha value is -3.58. The van der Waals surface area contributed by atoms with E-state index in [1.54, 1.807) is 17.7 Å². The van der Waals surface area contributed by atoms with Crippen LogP contribution in [0.3, 0.4) is 0 Å². The predicted octanol–water partition coefficient (Wildman–Crippen LogP) is 4.66. The third kappa shape index (κ3) is 7.96. The van der Waals surface area contributed by atoms with Crippen molar-refractivity contribution >= 4 is 33.5 Å². The summed E-state index contributed by atoms with van der Waals surface area (Å²) in [7, 11) is 0. The summed E-state index contributed by atoms with van der Waals surface area (Å²) < 4.78 is 32.9. The van der Waals surface area contributed by atoms with Crippen molar-refractivity contribution in [2.24, 2.45) is 0 Å². The van der Waals surface area contributed by atoms with Crippen molar-refractivity contribution in [1.29, 1.82) is 0 Å². The maximum atomic E-state index is 12.1. The summed E-state index contributed by atoms with van der Waals surface area (Å²) in [5.41, 5.74) is 3.69. The largest absolute Gasteiger partial charge is 0.755 e. The Bertz CT molecular complexity index is 1400. The minimum Gasteiger partial charge on any atom is -0.755 e. The summed E-state index contributed by atoms with van der Waals surface area (Å²) >= 11 is -1.18. The van der Waals surface area contributed by atoms with Gasteiger partial charge in [-0.25, -0.2) is 10.2 Å². The Morgan fingerprint density at radius 3 is 2.51 bits per heavy atom. The van der Waals surface area contributed by atoms with Gasteiger partial charge in [0.1, 0.15) is 22.0 Å². The van der Waals surface area contributed by atoms with Gasteiger partial charge in [-0.15, -0.1) is 16.4 Å². The monoisotopic (exact) mass is 568 g/mol. The third-order valence-electron chi connectivity index (χ3n) is 5.68. The molecule has 0 aliphatic heterocycles. The molecule has 0 radical (unpaired) electrons. The number of ether oxygens (including phenoxy) is 1. The van der Waals surface area contributed by atoms with Crippen molar-refractivity contribution < 1.29 is 23.5 Å². The number of nitrogens with zero attached hydrogens (tertiary/aromatic N) is 4. The Kier molecular flexibility index (Phi) is 9.12. The van der Waals surface area contributed by atoms with Crippen LogP contribution in [0.15, 0.2) is 72.9 Å². The highest BCUT2D eigenvalue weighted by Crippen LogP contribution is 2.34. The molecule has 2 aromatic heterocycles. The van der Waals surface area contributed by atoms with Gasteiger partial charge in [0.15, 0.2) is 0 Å². The van der Waals surface area contributed by atoms with E-state index in [1.165, 1.54) is 20.3 Å². The highest BCUT2D eigenvalue weighted by atomic mass is 32.2. The van der Waals surface area contributed by atoms with Gasteiger partial charge < -0.3 is 9.29 Å². The predicted molar refractivity (Wildman–Crippen MR) is 149 cm³/mol. The highest BCUT2D eigenvalue weighted by Gasteiger charge is 2.21. The molecule has 206 valence electrons. The summed E-state index contributed by atoms with van der Waals surface area (Å²) in [4.78, 5) is 13.0. The first-order chi connectivity index (χ1) is 18.6. The normalized spacial score (nSPS) is 13.1. The number of hydrogen-bond acceptors (Lipinski definition) is 8. The van der Waals surface area contributed by atoms with Gasteiger partial charge in [-0.1, -0.05) is 47.7 Å². The number of anilines is 1. The van der Waals surface area contributed by atoms with Crippen molar-refractivity contribution in [2.45, 2.75) is 51.8 Å². The summed E-state index contributed by atoms with van der Waals surface area (Å²) in [5.74, 6) is 0.160. The second kappa shape index (κ2) is 12.5. The van der Waals surface area contributed by atoms with Crippen LogP contribution in [0.25, 0.3) is 10.4 Å². The summed E-state index contributed by atoms with van der Waals surface area (Å²) in [6, 6.07) is 20.4. The van der Waals surface area contributed by atoms with Crippen LogP contribution >= 0.6 is 11.3 Å². The van der Waals surface area contributed by atoms with Gasteiger partial charge in [0.25, 0.3) is 0 Å². The van der Waals surface area contributed by atoms with E-state index < -0.39 is 23.2 Å². The molecule has 4 aromatic rings. The molecule has 12 heteroatoms. The number of aromatic nitrogens is 3. The van der Waals surface area contributed by atoms with E-state index in [-0.39, 0.29) is 18.6 Å². The van der Waals surface area contributed by atoms with Crippen LogP contribution in [0.1, 0.15) is 44.5 Å². The summed E-state index contributed by atoms with van der Waals surface area (Å²) in [5, 5.41) is 18.0. The SMILES string of the molecule is CC(C)(C)Oc1ccc(C[C@@H](CC(=O)NO)n2cc(CN(c3ccc(-c4ccccc4)s3)S(=O)[O-])nn2)cc1. The van der Waals surface area contributed by atoms with Gasteiger partial charge in [-0.2, -0.15) is 0 Å². The first kappa shape index (κ1) is 28.4. The minimum absolute atomic E-state index is 0.0252. The molecular formula is C27H30N5O5S2-. The number of amides is 1. The Morgan fingerprint density at radius 1 is 1.15 bits per heavy atom. The number of benzene rings is 2. The average Bonchev–Trinajstić information content (AvgIpc) is 3.57. The van der Waals surface area contributed by atoms with E-state index in [0.29, 0.717) is 17.1 Å². The molecule has 0 fully saturated rings. The Morgan fingerprint density at radius 2 is 1.87 bits per heavy atom. The van der Waals surface area contributed by atoms with E-state index >= 15 is 0 Å². The number of thiophene rings is 1. The van der Waals surface area contributed by atoms with E-state index in [9.17, 15) is 13.6 Å². The lowest BCUT2D eigenvalue weighted by atomic mass is 10.0. The van der Waals surface area contributed by atoms with Crippen molar-refractivity contribution in [3.63, 3.8) is 0 Å². The van der Waals surface area contributed by atoms with Gasteiger partial charge in [-0.3, -0.25) is 18.5 Å². The molecule has 1 amide bonds. The van der Waals surface area contributed by atoms with Crippen LogP contribution in [-0.2, 0) is 29.0 Å². The molecule has 0 bridgehead atoms. The lowest BCUT2D eigenvalue weighted by molar-refractivity contribution is -0.130. The van der Waals surface area contributed by atoms with Crippen LogP contribution in [0, 0.1) is 0 Å². The Balaban J connectivity index is 1.51. The van der Waals surface area contributed by atoms with Crippen molar-refractivity contribution in [2.75, 3.05) is 4.31 Å². The molecule has 0 saturated carbocycles. The molecule has 2 aromatic carbocycles. The van der Waals surface area contributed by atoms with Gasteiger partial charge in [0.2, 0.25) is 5.91 Å². The average molecular weight is 569 g/mol. The number of hydrogen-bond donors (Lipinski definition) is 2. The zero-order valence-electron chi connectivity index (χ0n) is 21.8. The lowest BCUT2D eigenvalue weighted by Crippen LogP contribution is -2.25. The number of hydroxylamine groups is 1. The topological polar surface area (TPSA) is 133 Å². The maximum Gasteiger partial charge on any atom is 0.245 e. The molecule has 2 atom stereocenters. The maximum absolute atomic E-state index is 12.1. The molecule has 0 aliphatic carbocycles. The molecule has 2 N–H and O–H groups in total. The number of nitrogens with one attached hydrogen (secondary N) is 1. The molecule has 0 aliphatic rings. The molecule has 0 spiro atoms. The summed E-state index contributed by atoms with van der Waals surface area (Å²) in [6.45, 7) is 5.88. The molecule has 4 rings (SSSR count). The molecule has 2 heterocycles. The third-order valence-corrected chi connectivity index (χ3v) is 7.64. The molecule has 0 saturated heterocycles. The van der Waals surface area contributed by atoms with Crippen molar-refractivity contribution in [3.8, 4) is 16.2 Å². The summed E-state index contributed by atoms with van der Waals surface area (Å²) in [6.07, 6.45) is 1.99. The van der Waals surface area contributed by atoms with Crippen LogP contribution in [0.5, 0.6) is 5.75 Å². The van der Waals surface area contributed by atoms with Gasteiger partial charge in [0, 0.05) is 16.1 Å². The number of carbonyl (C=O) groups excluding carboxylic acids is 1. The van der Waals surface area contributed by atoms with Crippen molar-refractivity contribution in [3.05, 3.63) is 84.2 Å². The van der Waals surface area contributed by atoms with E-state index in [2.05, 4.69) is 10.3 Å². The lowest BCUT2D eigenvalue weighted by Gasteiger charge is -2.23. The second-order valence-corrected chi connectivity index (χ2v) is 11.8. The first-order valence-corrected chi connectivity index (χ1v) is 14.1. The van der Waals surface area contributed by atoms with Crippen LogP contribution < -0.4 is 14.5 Å². The second-order valence-electron chi connectivity index (χ2n) is 9.90. The molecule has 1 unspecified atom stereocenters. The fourth-order valence-corrected chi connectivity index (χ4v) is 5.63. The smallest absolute Gasteiger partial charge is 0.245 e. The first-order valence-electron chi connectivity index (χ1n) is 12.2. The van der Waals surface area contributed by atoms with Crippen LogP contribution in [0.2, 0.25) is 0 Å². The van der Waals surface area contributed by atoms with Crippen LogP contribution in [0.4, 0.5) is 5.00 Å². The van der Waals surface area contributed by atoms with Crippen LogP contribution in [-0.4, -0.2) is 40.5 Å². The zero-order chi connectivity index (χ0) is 28.0. The minimum atomic E-state index is -2.54. The van der Waals surface area contributed by atoms with E-state index in [4.69, 9.17) is 9.94 Å². The van der Waals surface area contributed by atoms with Gasteiger partial charge in [0.05, 0.1) is 25.2 Å². The molecule has 39 heavy (non-hydrogen) atoms. The van der Waals surface area contributed by atoms with E-state index in [0.717, 1.165) is 21.8 Å². The van der Waals surface area contributed by atoms with Crippen molar-refractivity contribution in [1.82, 2.24) is 20.5 Å². The number of carbonyl (C=O) groups is 1. The quantitative estimate of drug-likeness (QED) is 0.153. The molecule has 10 nitrogen and oxygen atoms in total. The Labute approximate surface area is 233 Å². The van der Waals surface area contributed by atoms with Gasteiger partial charge >= 0.3 is 0 Å². The van der Waals surface area contributed by atoms with Gasteiger partial charge in [-0.05, 0) is 62.6 Å². The van der Waals surface area contributed by atoms with E-state index in [1.807, 2.05) is 81.4 Å². The fourth-order valence-electron chi connectivity index (χ4n) is 3.97. The highest BCUT2D eigenvalue weighted by molar-refractivity contribution is 7.80. The standard InChI is InChI=1S/C27H31N5O5S2/c1-27(2,3)37-23-11-9-19(10-12-23)15-22(16-25(33)29-34)31-17-21(28-30-31)18-32(39(35)36)26-14-13-24(38-26)20-7-5-4-6-8-20/h4-14,17,22,34H,15-16,18H2,1-3H3,(H,29,33)(H,35,36)/p-1/t22-/m0/s1. The number of rotatable bonds is 11.